The van der Waals surface area contributed by atoms with Crippen LogP contribution in [0.15, 0.2) is 22.6 Å². The van der Waals surface area contributed by atoms with Gasteiger partial charge in [0.15, 0.2) is 0 Å². The van der Waals surface area contributed by atoms with Gasteiger partial charge >= 0.3 is 0 Å². The lowest BCUT2D eigenvalue weighted by molar-refractivity contribution is 0.482. The first-order valence-corrected chi connectivity index (χ1v) is 6.27. The van der Waals surface area contributed by atoms with Crippen LogP contribution in [0.1, 0.15) is 30.7 Å². The molecule has 1 aromatic heterocycles. The lowest BCUT2D eigenvalue weighted by Crippen LogP contribution is -2.18. The lowest BCUT2D eigenvalue weighted by atomic mass is 10.1. The monoisotopic (exact) mass is 231 g/mol. The second-order valence-electron chi connectivity index (χ2n) is 5.17. The Hall–Kier alpha value is -1.28. The van der Waals surface area contributed by atoms with Crippen molar-refractivity contribution in [1.29, 1.82) is 0 Å². The van der Waals surface area contributed by atoms with Crippen molar-refractivity contribution in [3.05, 3.63) is 35.1 Å². The van der Waals surface area contributed by atoms with Crippen molar-refractivity contribution in [2.75, 3.05) is 6.54 Å². The van der Waals surface area contributed by atoms with Crippen molar-refractivity contribution >= 4 is 11.0 Å². The highest BCUT2D eigenvalue weighted by molar-refractivity contribution is 5.82. The third kappa shape index (κ3) is 2.70. The van der Waals surface area contributed by atoms with Crippen LogP contribution in [-0.4, -0.2) is 6.54 Å². The van der Waals surface area contributed by atoms with Gasteiger partial charge < -0.3 is 9.73 Å². The first-order valence-electron chi connectivity index (χ1n) is 6.27. The predicted octanol–water partition coefficient (Wildman–Crippen LogP) is 3.80. The van der Waals surface area contributed by atoms with E-state index < -0.39 is 0 Å². The van der Waals surface area contributed by atoms with Crippen molar-refractivity contribution in [2.24, 2.45) is 5.92 Å². The Kier molecular flexibility index (Phi) is 3.53. The molecule has 0 aliphatic heterocycles. The van der Waals surface area contributed by atoms with Gasteiger partial charge in [0.25, 0.3) is 0 Å². The maximum absolute atomic E-state index is 5.87. The molecule has 17 heavy (non-hydrogen) atoms. The Morgan fingerprint density at radius 3 is 2.71 bits per heavy atom. The summed E-state index contributed by atoms with van der Waals surface area (Å²) in [7, 11) is 0. The summed E-state index contributed by atoms with van der Waals surface area (Å²) < 4.78 is 5.87. The van der Waals surface area contributed by atoms with Crippen molar-refractivity contribution in [1.82, 2.24) is 5.32 Å². The minimum Gasteiger partial charge on any atom is -0.459 e. The van der Waals surface area contributed by atoms with Gasteiger partial charge in [-0.25, -0.2) is 0 Å². The van der Waals surface area contributed by atoms with Gasteiger partial charge in [-0.3, -0.25) is 0 Å². The van der Waals surface area contributed by atoms with Crippen LogP contribution in [0.3, 0.4) is 0 Å². The third-order valence-electron chi connectivity index (χ3n) is 3.03. The van der Waals surface area contributed by atoms with Crippen LogP contribution < -0.4 is 5.32 Å². The van der Waals surface area contributed by atoms with E-state index in [-0.39, 0.29) is 0 Å². The zero-order chi connectivity index (χ0) is 12.4. The maximum Gasteiger partial charge on any atom is 0.134 e. The van der Waals surface area contributed by atoms with Gasteiger partial charge in [-0.1, -0.05) is 25.5 Å². The molecule has 1 N–H and O–H groups in total. The van der Waals surface area contributed by atoms with E-state index in [2.05, 4.69) is 51.2 Å². The molecule has 0 bridgehead atoms. The van der Waals surface area contributed by atoms with Crippen LogP contribution in [0.5, 0.6) is 0 Å². The third-order valence-corrected chi connectivity index (χ3v) is 3.03. The zero-order valence-electron chi connectivity index (χ0n) is 11.1. The summed E-state index contributed by atoms with van der Waals surface area (Å²) in [6.07, 6.45) is 0. The quantitative estimate of drug-likeness (QED) is 0.866. The molecule has 2 aromatic rings. The second-order valence-corrected chi connectivity index (χ2v) is 5.17. The summed E-state index contributed by atoms with van der Waals surface area (Å²) in [5.41, 5.74) is 3.54. The predicted molar refractivity (Wildman–Crippen MR) is 72.2 cm³/mol. The minimum absolute atomic E-state index is 0.668. The van der Waals surface area contributed by atoms with Crippen LogP contribution in [-0.2, 0) is 6.54 Å². The molecular formula is C15H21NO. The molecule has 92 valence electrons. The largest absolute Gasteiger partial charge is 0.459 e. The Balaban J connectivity index is 2.20. The molecule has 0 amide bonds. The molecule has 0 spiro atoms. The molecular weight excluding hydrogens is 210 g/mol. The molecule has 0 unspecified atom stereocenters. The number of aryl methyl sites for hydroxylation is 2. The molecule has 0 fully saturated rings. The Morgan fingerprint density at radius 2 is 2.00 bits per heavy atom. The lowest BCUT2D eigenvalue weighted by Gasteiger charge is -2.05. The van der Waals surface area contributed by atoms with Gasteiger partial charge in [0.05, 0.1) is 6.54 Å². The summed E-state index contributed by atoms with van der Waals surface area (Å²) >= 11 is 0. The highest BCUT2D eigenvalue weighted by atomic mass is 16.3. The second kappa shape index (κ2) is 4.92. The highest BCUT2D eigenvalue weighted by Crippen LogP contribution is 2.25. The van der Waals surface area contributed by atoms with E-state index in [0.717, 1.165) is 24.4 Å². The molecule has 1 aromatic carbocycles. The molecule has 0 saturated heterocycles. The Labute approximate surface area is 103 Å². The number of furan rings is 1. The molecule has 2 rings (SSSR count). The smallest absolute Gasteiger partial charge is 0.134 e. The first-order chi connectivity index (χ1) is 8.08. The van der Waals surface area contributed by atoms with Crippen molar-refractivity contribution in [3.63, 3.8) is 0 Å². The van der Waals surface area contributed by atoms with Gasteiger partial charge in [-0.05, 0) is 44.0 Å². The Bertz CT molecular complexity index is 511. The van der Waals surface area contributed by atoms with Gasteiger partial charge in [0, 0.05) is 5.39 Å². The first kappa shape index (κ1) is 12.2. The highest BCUT2D eigenvalue weighted by Gasteiger charge is 2.09. The number of fused-ring (bicyclic) bond motifs is 1. The van der Waals surface area contributed by atoms with Gasteiger partial charge in [-0.15, -0.1) is 0 Å². The summed E-state index contributed by atoms with van der Waals surface area (Å²) in [4.78, 5) is 0. The molecule has 0 atom stereocenters. The van der Waals surface area contributed by atoms with E-state index in [9.17, 15) is 0 Å². The molecule has 2 nitrogen and oxygen atoms in total. The fraction of sp³-hybridized carbons (Fsp3) is 0.467. The van der Waals surface area contributed by atoms with Crippen molar-refractivity contribution in [3.8, 4) is 0 Å². The normalized spacial score (nSPS) is 11.6. The van der Waals surface area contributed by atoms with E-state index in [1.807, 2.05) is 0 Å². The van der Waals surface area contributed by atoms with Crippen LogP contribution >= 0.6 is 0 Å². The summed E-state index contributed by atoms with van der Waals surface area (Å²) in [5.74, 6) is 1.73. The van der Waals surface area contributed by atoms with Crippen molar-refractivity contribution < 1.29 is 4.42 Å². The minimum atomic E-state index is 0.668. The number of benzene rings is 1. The van der Waals surface area contributed by atoms with Crippen LogP contribution in [0.2, 0.25) is 0 Å². The van der Waals surface area contributed by atoms with E-state index in [0.29, 0.717) is 5.92 Å². The number of rotatable bonds is 4. The van der Waals surface area contributed by atoms with E-state index in [1.54, 1.807) is 0 Å². The fourth-order valence-corrected chi connectivity index (χ4v) is 2.03. The SMILES string of the molecule is Cc1ccc2oc(CNCC(C)C)c(C)c2c1. The molecule has 2 heteroatoms. The Morgan fingerprint density at radius 1 is 1.24 bits per heavy atom. The maximum atomic E-state index is 5.87. The number of hydrogen-bond donors (Lipinski definition) is 1. The number of hydrogen-bond acceptors (Lipinski definition) is 2. The van der Waals surface area contributed by atoms with Crippen LogP contribution in [0, 0.1) is 19.8 Å². The summed E-state index contributed by atoms with van der Waals surface area (Å²) in [6, 6.07) is 6.35. The molecule has 0 saturated carbocycles. The standard InChI is InChI=1S/C15H21NO/c1-10(2)8-16-9-15-12(4)13-7-11(3)5-6-14(13)17-15/h5-7,10,16H,8-9H2,1-4H3. The average molecular weight is 231 g/mol. The average Bonchev–Trinajstić information content (AvgIpc) is 2.56. The van der Waals surface area contributed by atoms with Crippen molar-refractivity contribution in [2.45, 2.75) is 34.2 Å². The zero-order valence-corrected chi connectivity index (χ0v) is 11.1. The molecule has 0 aliphatic carbocycles. The van der Waals surface area contributed by atoms with Gasteiger partial charge in [-0.2, -0.15) is 0 Å². The van der Waals surface area contributed by atoms with E-state index >= 15 is 0 Å². The topological polar surface area (TPSA) is 25.2 Å². The molecule has 0 aliphatic rings. The van der Waals surface area contributed by atoms with Crippen LogP contribution in [0.4, 0.5) is 0 Å². The molecule has 0 radical (unpaired) electrons. The van der Waals surface area contributed by atoms with E-state index in [1.165, 1.54) is 16.5 Å². The fourth-order valence-electron chi connectivity index (χ4n) is 2.03. The van der Waals surface area contributed by atoms with Crippen LogP contribution in [0.25, 0.3) is 11.0 Å². The van der Waals surface area contributed by atoms with Gasteiger partial charge in [0.2, 0.25) is 0 Å². The molecule has 1 heterocycles. The van der Waals surface area contributed by atoms with E-state index in [4.69, 9.17) is 4.42 Å². The number of nitrogens with one attached hydrogen (secondary N) is 1. The summed E-state index contributed by atoms with van der Waals surface area (Å²) in [6.45, 7) is 10.5. The summed E-state index contributed by atoms with van der Waals surface area (Å²) in [5, 5.41) is 4.67. The van der Waals surface area contributed by atoms with Gasteiger partial charge in [0.1, 0.15) is 11.3 Å².